The lowest BCUT2D eigenvalue weighted by molar-refractivity contribution is -0.135. The van der Waals surface area contributed by atoms with Gasteiger partial charge in [-0.2, -0.15) is 0 Å². The van der Waals surface area contributed by atoms with Crippen molar-refractivity contribution in [3.05, 3.63) is 48.0 Å². The highest BCUT2D eigenvalue weighted by Crippen LogP contribution is 2.33. The van der Waals surface area contributed by atoms with Gasteiger partial charge in [0.1, 0.15) is 18.3 Å². The normalized spacial score (nSPS) is 22.8. The Bertz CT molecular complexity index is 1150. The van der Waals surface area contributed by atoms with Crippen LogP contribution in [0.15, 0.2) is 36.7 Å². The largest absolute Gasteiger partial charge is 0.387 e. The van der Waals surface area contributed by atoms with Gasteiger partial charge in [-0.25, -0.2) is 15.0 Å². The highest BCUT2D eigenvalue weighted by Gasteiger charge is 2.47. The fourth-order valence-corrected chi connectivity index (χ4v) is 3.53. The van der Waals surface area contributed by atoms with Crippen LogP contribution >= 0.6 is 0 Å². The topological polar surface area (TPSA) is 122 Å². The van der Waals surface area contributed by atoms with Crippen LogP contribution in [0.3, 0.4) is 0 Å². The van der Waals surface area contributed by atoms with Gasteiger partial charge in [0, 0.05) is 19.0 Å². The minimum atomic E-state index is -1.33. The lowest BCUT2D eigenvalue weighted by Gasteiger charge is -2.16. The van der Waals surface area contributed by atoms with Gasteiger partial charge in [-0.15, -0.1) is 0 Å². The molecule has 1 aliphatic rings. The third kappa shape index (κ3) is 4.01. The van der Waals surface area contributed by atoms with E-state index in [0.29, 0.717) is 23.4 Å². The molecule has 1 aromatic carbocycles. The van der Waals surface area contributed by atoms with Gasteiger partial charge in [0.25, 0.3) is 0 Å². The molecule has 0 radical (unpaired) electrons. The van der Waals surface area contributed by atoms with Crippen LogP contribution in [-0.4, -0.2) is 60.9 Å². The molecule has 1 saturated heterocycles. The van der Waals surface area contributed by atoms with Crippen molar-refractivity contribution in [1.82, 2.24) is 19.5 Å². The van der Waals surface area contributed by atoms with Gasteiger partial charge < -0.3 is 20.3 Å². The quantitative estimate of drug-likeness (QED) is 0.526. The Balaban J connectivity index is 1.72. The fourth-order valence-electron chi connectivity index (χ4n) is 3.53. The van der Waals surface area contributed by atoms with Crippen molar-refractivity contribution in [3.63, 3.8) is 0 Å². The summed E-state index contributed by atoms with van der Waals surface area (Å²) in [5, 5.41) is 23.9. The number of aliphatic hydroxyl groups is 2. The summed E-state index contributed by atoms with van der Waals surface area (Å²) in [6, 6.07) is 9.45. The summed E-state index contributed by atoms with van der Waals surface area (Å²) in [6.07, 6.45) is -2.42. The lowest BCUT2D eigenvalue weighted by Crippen LogP contribution is -2.35. The number of nitrogens with zero attached hydrogens (tertiary/aromatic N) is 4. The first-order valence-corrected chi connectivity index (χ1v) is 10.1. The van der Waals surface area contributed by atoms with E-state index in [-0.39, 0.29) is 18.0 Å². The third-order valence-electron chi connectivity index (χ3n) is 5.08. The van der Waals surface area contributed by atoms with Crippen LogP contribution < -0.4 is 5.32 Å². The van der Waals surface area contributed by atoms with E-state index < -0.39 is 24.5 Å². The van der Waals surface area contributed by atoms with Crippen LogP contribution in [0.2, 0.25) is 0 Å². The summed E-state index contributed by atoms with van der Waals surface area (Å²) in [4.78, 5) is 25.5. The van der Waals surface area contributed by atoms with E-state index in [1.54, 1.807) is 7.05 Å². The van der Waals surface area contributed by atoms with Crippen molar-refractivity contribution in [1.29, 1.82) is 0 Å². The Kier molecular flexibility index (Phi) is 5.95. The molecule has 4 atom stereocenters. The van der Waals surface area contributed by atoms with Gasteiger partial charge >= 0.3 is 0 Å². The maximum atomic E-state index is 12.3. The maximum Gasteiger partial charge on any atom is 0.209 e. The van der Waals surface area contributed by atoms with Crippen molar-refractivity contribution < 1.29 is 19.7 Å². The van der Waals surface area contributed by atoms with Gasteiger partial charge in [0.15, 0.2) is 29.0 Å². The molecule has 0 aliphatic carbocycles. The molecule has 3 N–H and O–H groups in total. The molecular formula is C22H23N5O4. The third-order valence-corrected chi connectivity index (χ3v) is 5.08. The molecule has 0 spiro atoms. The van der Waals surface area contributed by atoms with Gasteiger partial charge in [0.2, 0.25) is 5.82 Å². The van der Waals surface area contributed by atoms with E-state index in [1.807, 2.05) is 37.3 Å². The van der Waals surface area contributed by atoms with Crippen LogP contribution in [-0.2, 0) is 9.53 Å². The Labute approximate surface area is 179 Å². The van der Waals surface area contributed by atoms with E-state index in [2.05, 4.69) is 32.1 Å². The Hall–Kier alpha value is -3.32. The lowest BCUT2D eigenvalue weighted by atomic mass is 10.0. The molecule has 0 bridgehead atoms. The summed E-state index contributed by atoms with van der Waals surface area (Å²) < 4.78 is 7.25. The molecule has 2 aromatic heterocycles. The van der Waals surface area contributed by atoms with Crippen molar-refractivity contribution in [2.24, 2.45) is 0 Å². The Morgan fingerprint density at radius 1 is 1.19 bits per heavy atom. The summed E-state index contributed by atoms with van der Waals surface area (Å²) in [6.45, 7) is 1.87. The molecule has 9 heteroatoms. The van der Waals surface area contributed by atoms with Gasteiger partial charge in [0.05, 0.1) is 6.33 Å². The number of nitrogens with one attached hydrogen (secondary N) is 1. The van der Waals surface area contributed by atoms with E-state index in [1.165, 1.54) is 10.9 Å². The highest BCUT2D eigenvalue weighted by atomic mass is 16.6. The summed E-state index contributed by atoms with van der Waals surface area (Å²) >= 11 is 0. The minimum absolute atomic E-state index is 0.249. The zero-order chi connectivity index (χ0) is 22.0. The van der Waals surface area contributed by atoms with Crippen LogP contribution in [0.1, 0.15) is 37.4 Å². The SMILES string of the molecule is CCCC(=O)[C@H]1O[C@@H](n2cnc3c(NC)nc(C#Cc4ccccc4)nc32)[C@@H](O)C1O. The van der Waals surface area contributed by atoms with Crippen LogP contribution in [0.5, 0.6) is 0 Å². The van der Waals surface area contributed by atoms with E-state index >= 15 is 0 Å². The Morgan fingerprint density at radius 2 is 1.97 bits per heavy atom. The monoisotopic (exact) mass is 421 g/mol. The number of imidazole rings is 1. The molecule has 3 aromatic rings. The number of rotatable bonds is 5. The van der Waals surface area contributed by atoms with Crippen LogP contribution in [0.25, 0.3) is 11.2 Å². The first-order valence-electron chi connectivity index (χ1n) is 10.1. The molecule has 9 nitrogen and oxygen atoms in total. The number of fused-ring (bicyclic) bond motifs is 1. The Morgan fingerprint density at radius 3 is 2.68 bits per heavy atom. The molecule has 31 heavy (non-hydrogen) atoms. The summed E-state index contributed by atoms with van der Waals surface area (Å²) in [5.74, 6) is 6.43. The van der Waals surface area contributed by atoms with E-state index in [0.717, 1.165) is 5.56 Å². The predicted molar refractivity (Wildman–Crippen MR) is 113 cm³/mol. The first kappa shape index (κ1) is 20.9. The van der Waals surface area contributed by atoms with Crippen molar-refractivity contribution in [2.75, 3.05) is 12.4 Å². The first-order chi connectivity index (χ1) is 15.0. The number of hydrogen-bond donors (Lipinski definition) is 3. The molecule has 1 aliphatic heterocycles. The average molecular weight is 421 g/mol. The predicted octanol–water partition coefficient (Wildman–Crippen LogP) is 1.26. The number of aliphatic hydroxyl groups excluding tert-OH is 2. The summed E-state index contributed by atoms with van der Waals surface area (Å²) in [5.41, 5.74) is 1.65. The average Bonchev–Trinajstić information content (AvgIpc) is 3.33. The zero-order valence-corrected chi connectivity index (χ0v) is 17.2. The summed E-state index contributed by atoms with van der Waals surface area (Å²) in [7, 11) is 1.71. The van der Waals surface area contributed by atoms with Gasteiger partial charge in [-0.1, -0.05) is 31.0 Å². The number of ether oxygens (including phenoxy) is 1. The second-order valence-electron chi connectivity index (χ2n) is 7.23. The molecule has 1 unspecified atom stereocenters. The van der Waals surface area contributed by atoms with Crippen LogP contribution in [0.4, 0.5) is 5.82 Å². The molecule has 0 amide bonds. The van der Waals surface area contributed by atoms with Crippen LogP contribution in [0, 0.1) is 11.8 Å². The minimum Gasteiger partial charge on any atom is -0.387 e. The number of aromatic nitrogens is 4. The number of ketones is 1. The number of hydrogen-bond acceptors (Lipinski definition) is 8. The molecule has 160 valence electrons. The van der Waals surface area contributed by atoms with E-state index in [9.17, 15) is 15.0 Å². The smallest absolute Gasteiger partial charge is 0.209 e. The van der Waals surface area contributed by atoms with Gasteiger partial charge in [-0.05, 0) is 24.5 Å². The fraction of sp³-hybridized carbons (Fsp3) is 0.364. The maximum absolute atomic E-state index is 12.3. The van der Waals surface area contributed by atoms with Crippen molar-refractivity contribution in [3.8, 4) is 11.8 Å². The van der Waals surface area contributed by atoms with Crippen molar-refractivity contribution in [2.45, 2.75) is 44.3 Å². The standard InChI is InChI=1S/C22H23N5O4/c1-3-7-14(28)19-17(29)18(30)22(31-19)27-12-24-16-20(23-2)25-15(26-21(16)27)11-10-13-8-5-4-6-9-13/h4-6,8-9,12,17-19,22,29-30H,3,7H2,1-2H3,(H,23,25,26)/t17?,18-,19+,22+/m0/s1. The number of anilines is 1. The highest BCUT2D eigenvalue weighted by molar-refractivity contribution is 5.85. The molecule has 1 fully saturated rings. The van der Waals surface area contributed by atoms with Gasteiger partial charge in [-0.3, -0.25) is 9.36 Å². The number of Topliss-reactive ketones (excluding diaryl/α,β-unsaturated/α-hetero) is 1. The van der Waals surface area contributed by atoms with E-state index in [4.69, 9.17) is 4.74 Å². The number of carbonyl (C=O) groups excluding carboxylic acids is 1. The molecular weight excluding hydrogens is 398 g/mol. The second-order valence-corrected chi connectivity index (χ2v) is 7.23. The molecule has 0 saturated carbocycles. The molecule has 3 heterocycles. The number of carbonyl (C=O) groups is 1. The number of benzene rings is 1. The zero-order valence-electron chi connectivity index (χ0n) is 17.2. The van der Waals surface area contributed by atoms with Crippen molar-refractivity contribution >= 4 is 22.8 Å². The molecule has 4 rings (SSSR count). The second kappa shape index (κ2) is 8.81.